The van der Waals surface area contributed by atoms with Crippen LogP contribution in [-0.4, -0.2) is 24.2 Å². The molecule has 0 unspecified atom stereocenters. The number of carboxylic acids is 1. The average Bonchev–Trinajstić information content (AvgIpc) is 2.50. The Bertz CT molecular complexity index is 615. The molecule has 0 heterocycles. The van der Waals surface area contributed by atoms with Crippen LogP contribution >= 0.6 is 0 Å². The Hall–Kier alpha value is -2.33. The van der Waals surface area contributed by atoms with E-state index in [4.69, 9.17) is 9.84 Å². The number of rotatable bonds is 7. The molecule has 0 radical (unpaired) electrons. The van der Waals surface area contributed by atoms with E-state index < -0.39 is 5.97 Å². The molecule has 2 rings (SSSR count). The summed E-state index contributed by atoms with van der Waals surface area (Å²) in [6.45, 7) is 6.10. The number of carboxylic acid groups (broad SMARTS) is 1. The van der Waals surface area contributed by atoms with Crippen molar-refractivity contribution in [3.05, 3.63) is 64.7 Å². The van der Waals surface area contributed by atoms with E-state index in [1.165, 1.54) is 0 Å². The Morgan fingerprint density at radius 3 is 2.32 bits per heavy atom. The summed E-state index contributed by atoms with van der Waals surface area (Å²) in [5, 5.41) is 12.1. The number of nitrogens with one attached hydrogen (secondary N) is 1. The molecule has 22 heavy (non-hydrogen) atoms. The third kappa shape index (κ3) is 4.33. The topological polar surface area (TPSA) is 58.6 Å². The molecule has 2 N–H and O–H groups in total. The van der Waals surface area contributed by atoms with E-state index in [0.717, 1.165) is 29.0 Å². The van der Waals surface area contributed by atoms with Gasteiger partial charge in [0.25, 0.3) is 0 Å². The second kappa shape index (κ2) is 7.61. The first-order chi connectivity index (χ1) is 10.6. The number of ether oxygens (including phenoxy) is 1. The molecule has 0 saturated carbocycles. The molecule has 0 spiro atoms. The van der Waals surface area contributed by atoms with Gasteiger partial charge < -0.3 is 15.2 Å². The summed E-state index contributed by atoms with van der Waals surface area (Å²) in [4.78, 5) is 10.8. The van der Waals surface area contributed by atoms with Crippen LogP contribution in [0.4, 0.5) is 0 Å². The van der Waals surface area contributed by atoms with Crippen LogP contribution in [0.2, 0.25) is 0 Å². The summed E-state index contributed by atoms with van der Waals surface area (Å²) < 4.78 is 5.82. The lowest BCUT2D eigenvalue weighted by molar-refractivity contribution is 0.0697. The largest absolute Gasteiger partial charge is 0.492 e. The molecule has 4 heteroatoms. The van der Waals surface area contributed by atoms with Gasteiger partial charge in [0, 0.05) is 13.1 Å². The summed E-state index contributed by atoms with van der Waals surface area (Å²) in [7, 11) is 0. The second-order valence-electron chi connectivity index (χ2n) is 5.25. The number of para-hydroxylation sites is 1. The minimum absolute atomic E-state index is 0.308. The highest BCUT2D eigenvalue weighted by Gasteiger charge is 2.03. The van der Waals surface area contributed by atoms with Gasteiger partial charge in [0.2, 0.25) is 0 Å². The monoisotopic (exact) mass is 299 g/mol. The maximum absolute atomic E-state index is 10.8. The van der Waals surface area contributed by atoms with Crippen molar-refractivity contribution in [1.82, 2.24) is 5.32 Å². The van der Waals surface area contributed by atoms with Crippen LogP contribution in [0, 0.1) is 13.8 Å². The van der Waals surface area contributed by atoms with Crippen molar-refractivity contribution in [2.24, 2.45) is 0 Å². The first kappa shape index (κ1) is 16.0. The molecule has 0 aromatic heterocycles. The average molecular weight is 299 g/mol. The van der Waals surface area contributed by atoms with E-state index in [2.05, 4.69) is 5.32 Å². The van der Waals surface area contributed by atoms with Gasteiger partial charge in [-0.2, -0.15) is 0 Å². The maximum atomic E-state index is 10.8. The van der Waals surface area contributed by atoms with Crippen molar-refractivity contribution >= 4 is 5.97 Å². The van der Waals surface area contributed by atoms with Gasteiger partial charge in [0.15, 0.2) is 0 Å². The Balaban J connectivity index is 1.74. The molecule has 0 aliphatic rings. The molecule has 0 saturated heterocycles. The van der Waals surface area contributed by atoms with Gasteiger partial charge >= 0.3 is 5.97 Å². The zero-order valence-electron chi connectivity index (χ0n) is 12.9. The lowest BCUT2D eigenvalue weighted by Gasteiger charge is -2.12. The Labute approximate surface area is 130 Å². The molecule has 116 valence electrons. The van der Waals surface area contributed by atoms with Crippen LogP contribution in [-0.2, 0) is 6.54 Å². The maximum Gasteiger partial charge on any atom is 0.335 e. The Kier molecular flexibility index (Phi) is 5.55. The summed E-state index contributed by atoms with van der Waals surface area (Å²) in [5.41, 5.74) is 3.65. The molecule has 2 aromatic carbocycles. The van der Waals surface area contributed by atoms with E-state index in [1.807, 2.05) is 44.2 Å². The number of hydrogen-bond acceptors (Lipinski definition) is 3. The molecule has 4 nitrogen and oxygen atoms in total. The van der Waals surface area contributed by atoms with Crippen molar-refractivity contribution in [3.63, 3.8) is 0 Å². The van der Waals surface area contributed by atoms with Crippen LogP contribution in [0.1, 0.15) is 27.0 Å². The first-order valence-corrected chi connectivity index (χ1v) is 7.30. The first-order valence-electron chi connectivity index (χ1n) is 7.30. The van der Waals surface area contributed by atoms with E-state index in [-0.39, 0.29) is 0 Å². The van der Waals surface area contributed by atoms with Crippen LogP contribution in [0.25, 0.3) is 0 Å². The van der Waals surface area contributed by atoms with Crippen molar-refractivity contribution in [3.8, 4) is 5.75 Å². The van der Waals surface area contributed by atoms with Crippen LogP contribution in [0.5, 0.6) is 5.75 Å². The standard InChI is InChI=1S/C18H21NO3/c1-13-4-3-5-14(2)17(13)22-11-10-19-12-15-6-8-16(9-7-15)18(20)21/h3-9,19H,10-12H2,1-2H3,(H,20,21). The van der Waals surface area contributed by atoms with Gasteiger partial charge in [-0.1, -0.05) is 30.3 Å². The minimum Gasteiger partial charge on any atom is -0.492 e. The molecule has 0 amide bonds. The zero-order valence-corrected chi connectivity index (χ0v) is 12.9. The summed E-state index contributed by atoms with van der Waals surface area (Å²) in [5.74, 6) is 0.0524. The summed E-state index contributed by atoms with van der Waals surface area (Å²) >= 11 is 0. The molecule has 0 atom stereocenters. The van der Waals surface area contributed by atoms with Crippen molar-refractivity contribution in [2.45, 2.75) is 20.4 Å². The number of aryl methyl sites for hydroxylation is 2. The predicted molar refractivity (Wildman–Crippen MR) is 86.5 cm³/mol. The Morgan fingerprint density at radius 2 is 1.73 bits per heavy atom. The fraction of sp³-hybridized carbons (Fsp3) is 0.278. The molecule has 0 fully saturated rings. The highest BCUT2D eigenvalue weighted by atomic mass is 16.5. The minimum atomic E-state index is -0.901. The van der Waals surface area contributed by atoms with Gasteiger partial charge in [-0.05, 0) is 42.7 Å². The zero-order chi connectivity index (χ0) is 15.9. The lowest BCUT2D eigenvalue weighted by atomic mass is 10.1. The van der Waals surface area contributed by atoms with Gasteiger partial charge in [0.05, 0.1) is 5.56 Å². The van der Waals surface area contributed by atoms with Crippen LogP contribution in [0.15, 0.2) is 42.5 Å². The molecule has 0 aliphatic heterocycles. The lowest BCUT2D eigenvalue weighted by Crippen LogP contribution is -2.21. The second-order valence-corrected chi connectivity index (χ2v) is 5.25. The SMILES string of the molecule is Cc1cccc(C)c1OCCNCc1ccc(C(=O)O)cc1. The third-order valence-electron chi connectivity index (χ3n) is 3.46. The highest BCUT2D eigenvalue weighted by Crippen LogP contribution is 2.21. The van der Waals surface area contributed by atoms with Crippen molar-refractivity contribution in [2.75, 3.05) is 13.2 Å². The molecular weight excluding hydrogens is 278 g/mol. The molecule has 2 aromatic rings. The van der Waals surface area contributed by atoms with Crippen molar-refractivity contribution in [1.29, 1.82) is 0 Å². The van der Waals surface area contributed by atoms with E-state index >= 15 is 0 Å². The normalized spacial score (nSPS) is 10.5. The molecular formula is C18H21NO3. The number of aromatic carboxylic acids is 1. The quantitative estimate of drug-likeness (QED) is 0.771. The van der Waals surface area contributed by atoms with E-state index in [1.54, 1.807) is 12.1 Å². The van der Waals surface area contributed by atoms with Crippen molar-refractivity contribution < 1.29 is 14.6 Å². The third-order valence-corrected chi connectivity index (χ3v) is 3.46. The fourth-order valence-corrected chi connectivity index (χ4v) is 2.25. The Morgan fingerprint density at radius 1 is 1.09 bits per heavy atom. The van der Waals surface area contributed by atoms with Crippen LogP contribution in [0.3, 0.4) is 0 Å². The molecule has 0 aliphatic carbocycles. The van der Waals surface area contributed by atoms with Gasteiger partial charge in [-0.3, -0.25) is 0 Å². The highest BCUT2D eigenvalue weighted by molar-refractivity contribution is 5.87. The number of benzene rings is 2. The summed E-state index contributed by atoms with van der Waals surface area (Å²) in [6, 6.07) is 13.0. The number of hydrogen-bond donors (Lipinski definition) is 2. The van der Waals surface area contributed by atoms with E-state index in [0.29, 0.717) is 18.7 Å². The van der Waals surface area contributed by atoms with E-state index in [9.17, 15) is 4.79 Å². The van der Waals surface area contributed by atoms with Gasteiger partial charge in [-0.25, -0.2) is 4.79 Å². The molecule has 0 bridgehead atoms. The van der Waals surface area contributed by atoms with Crippen LogP contribution < -0.4 is 10.1 Å². The number of carbonyl (C=O) groups is 1. The smallest absolute Gasteiger partial charge is 0.335 e. The van der Waals surface area contributed by atoms with Gasteiger partial charge in [0.1, 0.15) is 12.4 Å². The summed E-state index contributed by atoms with van der Waals surface area (Å²) in [6.07, 6.45) is 0. The van der Waals surface area contributed by atoms with Gasteiger partial charge in [-0.15, -0.1) is 0 Å². The predicted octanol–water partition coefficient (Wildman–Crippen LogP) is 3.17. The fourth-order valence-electron chi connectivity index (χ4n) is 2.25.